The highest BCUT2D eigenvalue weighted by atomic mass is 16.3. The first-order valence-electron chi connectivity index (χ1n) is 13.0. The lowest BCUT2D eigenvalue weighted by atomic mass is 9.48. The highest BCUT2D eigenvalue weighted by Crippen LogP contribution is 2.65. The average molecular weight is 411 g/mol. The van der Waals surface area contributed by atoms with Gasteiger partial charge in [0.15, 0.2) is 0 Å². The molecule has 4 aliphatic carbocycles. The molecule has 0 saturated heterocycles. The van der Waals surface area contributed by atoms with Crippen molar-refractivity contribution >= 4 is 0 Å². The van der Waals surface area contributed by atoms with Crippen molar-refractivity contribution in [3.8, 4) is 0 Å². The molecule has 1 unspecified atom stereocenters. The lowest BCUT2D eigenvalue weighted by Gasteiger charge is -2.57. The molecule has 4 aliphatic rings. The molecular formula is C29H46O. The van der Waals surface area contributed by atoms with Gasteiger partial charge in [-0.2, -0.15) is 0 Å². The van der Waals surface area contributed by atoms with E-state index < -0.39 is 0 Å². The molecule has 4 rings (SSSR count). The number of hydrogen-bond acceptors (Lipinski definition) is 1. The number of hydrogen-bond donors (Lipinski definition) is 1. The van der Waals surface area contributed by atoms with E-state index in [1.807, 2.05) is 5.57 Å². The Kier molecular flexibility index (Phi) is 6.42. The van der Waals surface area contributed by atoms with E-state index in [2.05, 4.69) is 46.4 Å². The van der Waals surface area contributed by atoms with Gasteiger partial charge in [-0.25, -0.2) is 0 Å². The average Bonchev–Trinajstić information content (AvgIpc) is 3.07. The van der Waals surface area contributed by atoms with Crippen LogP contribution in [0.4, 0.5) is 0 Å². The molecule has 1 heteroatoms. The minimum absolute atomic E-state index is 0.281. The summed E-state index contributed by atoms with van der Waals surface area (Å²) in [6.07, 6.45) is 19.9. The topological polar surface area (TPSA) is 20.2 Å². The first-order valence-corrected chi connectivity index (χ1v) is 13.0. The maximum Gasteiger partial charge on any atom is 0.0436 e. The molecule has 2 fully saturated rings. The predicted molar refractivity (Wildman–Crippen MR) is 128 cm³/mol. The fraction of sp³-hybridized carbons (Fsp3) is 0.793. The summed E-state index contributed by atoms with van der Waals surface area (Å²) in [5.41, 5.74) is 5.82. The molecule has 0 aliphatic heterocycles. The third-order valence-corrected chi connectivity index (χ3v) is 10.3. The molecule has 0 amide bonds. The molecule has 7 atom stereocenters. The minimum atomic E-state index is 0.281. The molecule has 0 aromatic rings. The quantitative estimate of drug-likeness (QED) is 0.423. The van der Waals surface area contributed by atoms with Crippen molar-refractivity contribution in [1.29, 1.82) is 0 Å². The molecule has 0 radical (unpaired) electrons. The number of aliphatic hydroxyl groups excluding tert-OH is 1. The van der Waals surface area contributed by atoms with Gasteiger partial charge in [0, 0.05) is 6.61 Å². The van der Waals surface area contributed by atoms with Crippen molar-refractivity contribution in [2.75, 3.05) is 6.61 Å². The second kappa shape index (κ2) is 8.61. The summed E-state index contributed by atoms with van der Waals surface area (Å²) >= 11 is 0. The van der Waals surface area contributed by atoms with Crippen LogP contribution in [-0.4, -0.2) is 11.7 Å². The number of allylic oxidation sites excluding steroid dienone is 5. The lowest BCUT2D eigenvalue weighted by molar-refractivity contribution is 0.0115. The van der Waals surface area contributed by atoms with Gasteiger partial charge in [0.1, 0.15) is 0 Å². The Morgan fingerprint density at radius 3 is 2.60 bits per heavy atom. The zero-order valence-electron chi connectivity index (χ0n) is 20.2. The van der Waals surface area contributed by atoms with E-state index in [1.54, 1.807) is 5.57 Å². The Balaban J connectivity index is 1.48. The number of rotatable bonds is 7. The molecule has 0 aromatic carbocycles. The number of fused-ring (bicyclic) bond motifs is 5. The van der Waals surface area contributed by atoms with Gasteiger partial charge < -0.3 is 5.11 Å². The highest BCUT2D eigenvalue weighted by molar-refractivity contribution is 5.36. The van der Waals surface area contributed by atoms with Crippen LogP contribution in [0.2, 0.25) is 0 Å². The molecule has 30 heavy (non-hydrogen) atoms. The van der Waals surface area contributed by atoms with E-state index >= 15 is 0 Å². The van der Waals surface area contributed by atoms with E-state index in [4.69, 9.17) is 0 Å². The molecule has 0 bridgehead atoms. The molecule has 0 heterocycles. The summed E-state index contributed by atoms with van der Waals surface area (Å²) in [6.45, 7) is 14.3. The number of aliphatic hydroxyl groups is 1. The maximum atomic E-state index is 9.41. The summed E-state index contributed by atoms with van der Waals surface area (Å²) in [4.78, 5) is 0. The van der Waals surface area contributed by atoms with Gasteiger partial charge in [-0.15, -0.1) is 0 Å². The van der Waals surface area contributed by atoms with Crippen LogP contribution in [0.5, 0.6) is 0 Å². The van der Waals surface area contributed by atoms with E-state index in [-0.39, 0.29) is 6.61 Å². The van der Waals surface area contributed by atoms with Crippen molar-refractivity contribution in [1.82, 2.24) is 0 Å². The lowest BCUT2D eigenvalue weighted by Crippen LogP contribution is -2.47. The predicted octanol–water partition coefficient (Wildman–Crippen LogP) is 7.87. The van der Waals surface area contributed by atoms with Crippen LogP contribution in [0.1, 0.15) is 98.3 Å². The van der Waals surface area contributed by atoms with Crippen molar-refractivity contribution in [2.24, 2.45) is 40.4 Å². The van der Waals surface area contributed by atoms with Gasteiger partial charge in [-0.05, 0) is 105 Å². The smallest absolute Gasteiger partial charge is 0.0436 e. The molecule has 1 N–H and O–H groups in total. The van der Waals surface area contributed by atoms with E-state index in [1.165, 1.54) is 69.8 Å². The largest absolute Gasteiger partial charge is 0.396 e. The van der Waals surface area contributed by atoms with Crippen LogP contribution in [0.3, 0.4) is 0 Å². The maximum absolute atomic E-state index is 9.41. The third-order valence-electron chi connectivity index (χ3n) is 10.3. The molecule has 2 saturated carbocycles. The Hall–Kier alpha value is -0.820. The fourth-order valence-electron chi connectivity index (χ4n) is 8.33. The van der Waals surface area contributed by atoms with E-state index in [0.29, 0.717) is 22.7 Å². The fourth-order valence-corrected chi connectivity index (χ4v) is 8.33. The van der Waals surface area contributed by atoms with Gasteiger partial charge in [0.2, 0.25) is 0 Å². The second-order valence-electron chi connectivity index (χ2n) is 11.9. The van der Waals surface area contributed by atoms with E-state index in [9.17, 15) is 5.11 Å². The molecule has 1 nitrogen and oxygen atoms in total. The summed E-state index contributed by atoms with van der Waals surface area (Å²) in [6, 6.07) is 0. The van der Waals surface area contributed by atoms with Crippen molar-refractivity contribution in [3.63, 3.8) is 0 Å². The first kappa shape index (κ1) is 22.4. The van der Waals surface area contributed by atoms with Crippen molar-refractivity contribution < 1.29 is 5.11 Å². The third kappa shape index (κ3) is 3.68. The van der Waals surface area contributed by atoms with Crippen LogP contribution < -0.4 is 0 Å². The zero-order valence-corrected chi connectivity index (χ0v) is 20.2. The van der Waals surface area contributed by atoms with Gasteiger partial charge in [-0.1, -0.05) is 69.1 Å². The van der Waals surface area contributed by atoms with E-state index in [0.717, 1.165) is 24.2 Å². The highest BCUT2D eigenvalue weighted by Gasteiger charge is 2.55. The first-order chi connectivity index (χ1) is 14.3. The van der Waals surface area contributed by atoms with Crippen LogP contribution in [0.25, 0.3) is 0 Å². The van der Waals surface area contributed by atoms with Crippen LogP contribution in [-0.2, 0) is 0 Å². The van der Waals surface area contributed by atoms with Gasteiger partial charge >= 0.3 is 0 Å². The second-order valence-corrected chi connectivity index (χ2v) is 11.9. The van der Waals surface area contributed by atoms with Crippen LogP contribution in [0.15, 0.2) is 35.5 Å². The summed E-state index contributed by atoms with van der Waals surface area (Å²) in [7, 11) is 0. The SMILES string of the molecule is C=C(C)[C@H](CCO)CC[C@@H](C)C1=CC[C@H]2C3=CCC4CCCC[C@]4(C)[C@H]3CC[C@]12C. The standard InChI is InChI=1S/C29H46O/c1-20(2)22(16-19-30)10-9-21(3)25-13-14-26-24-12-11-23-8-6-7-17-28(23,4)27(24)15-18-29(25,26)5/h12-13,21-23,26-27,30H,1,6-11,14-19H2,2-5H3/t21-,22+,23?,26+,27+,28+,29-/m1/s1. The molecule has 0 aromatic heterocycles. The van der Waals surface area contributed by atoms with Crippen LogP contribution in [0, 0.1) is 40.4 Å². The monoisotopic (exact) mass is 410 g/mol. The normalized spacial score (nSPS) is 39.8. The Morgan fingerprint density at radius 1 is 1.07 bits per heavy atom. The summed E-state index contributed by atoms with van der Waals surface area (Å²) in [5, 5.41) is 9.41. The van der Waals surface area contributed by atoms with Crippen LogP contribution >= 0.6 is 0 Å². The summed E-state index contributed by atoms with van der Waals surface area (Å²) in [5.74, 6) is 3.70. The Morgan fingerprint density at radius 2 is 1.87 bits per heavy atom. The van der Waals surface area contributed by atoms with Gasteiger partial charge in [-0.3, -0.25) is 0 Å². The molecule has 0 spiro atoms. The summed E-state index contributed by atoms with van der Waals surface area (Å²) < 4.78 is 0. The Bertz CT molecular complexity index is 714. The molecule has 168 valence electrons. The molecular weight excluding hydrogens is 364 g/mol. The van der Waals surface area contributed by atoms with Crippen molar-refractivity contribution in [3.05, 3.63) is 35.5 Å². The van der Waals surface area contributed by atoms with Gasteiger partial charge in [0.25, 0.3) is 0 Å². The van der Waals surface area contributed by atoms with Crippen molar-refractivity contribution in [2.45, 2.75) is 98.3 Å². The minimum Gasteiger partial charge on any atom is -0.396 e. The van der Waals surface area contributed by atoms with Gasteiger partial charge in [0.05, 0.1) is 0 Å². The zero-order chi connectivity index (χ0) is 21.5. The Labute approximate surface area is 186 Å².